The van der Waals surface area contributed by atoms with Gasteiger partial charge in [-0.2, -0.15) is 0 Å². The summed E-state index contributed by atoms with van der Waals surface area (Å²) in [6, 6.07) is 11.4. The Morgan fingerprint density at radius 1 is 0.647 bits per heavy atom. The number of benzene rings is 2. The molecule has 2 aliphatic rings. The number of likely N-dealkylation sites (tertiary alicyclic amines) is 2. The number of carbonyl (C=O) groups excluding carboxylic acids is 6. The van der Waals surface area contributed by atoms with Crippen LogP contribution in [-0.4, -0.2) is 94.1 Å². The number of hydrogen-bond acceptors (Lipinski definition) is 10. The fraction of sp³-hybridized carbons (Fsp3) is 0.538. The van der Waals surface area contributed by atoms with E-state index in [0.717, 1.165) is 11.1 Å². The Hall–Kier alpha value is -4.74. The molecule has 2 fully saturated rings. The zero-order chi connectivity index (χ0) is 37.8. The molecule has 2 aliphatic heterocycles. The van der Waals surface area contributed by atoms with Gasteiger partial charge in [-0.25, -0.2) is 19.2 Å². The Balaban J connectivity index is 1.29. The van der Waals surface area contributed by atoms with E-state index in [0.29, 0.717) is 24.8 Å². The van der Waals surface area contributed by atoms with E-state index >= 15 is 0 Å². The second kappa shape index (κ2) is 15.7. The molecule has 2 amide bonds. The zero-order valence-electron chi connectivity index (χ0n) is 31.0. The molecule has 12 heteroatoms. The first kappa shape index (κ1) is 39.1. The molecule has 0 saturated carbocycles. The summed E-state index contributed by atoms with van der Waals surface area (Å²) in [5.74, 6) is -2.02. The van der Waals surface area contributed by atoms with E-state index in [-0.39, 0.29) is 29.3 Å². The molecule has 0 spiro atoms. The number of rotatable bonds is 9. The second-order valence-electron chi connectivity index (χ2n) is 15.4. The highest BCUT2D eigenvalue weighted by Gasteiger charge is 2.45. The number of nitrogens with zero attached hydrogens (tertiary/aromatic N) is 2. The standard InChI is InChI=1S/C39H50N2O10/c1-23-20-31(41(25(23)3)37(47)51-39(7,8)9)33(43)22-48-34(44)29-17-13-27(14-18-29)26-11-15-28(16-12-26)32(42)21-49-35(45)30-19-10-24(2)40(30)36(46)50-38(4,5)6/h11-18,23-25,30-31H,10,19-22H2,1-9H3/t23?,24?,25?,30-,31-/m0/s1. The van der Waals surface area contributed by atoms with Crippen LogP contribution in [0.4, 0.5) is 9.59 Å². The van der Waals surface area contributed by atoms with Crippen molar-refractivity contribution in [2.75, 3.05) is 13.2 Å². The molecule has 3 unspecified atom stereocenters. The van der Waals surface area contributed by atoms with Gasteiger partial charge in [-0.15, -0.1) is 0 Å². The van der Waals surface area contributed by atoms with E-state index in [4.69, 9.17) is 18.9 Å². The highest BCUT2D eigenvalue weighted by Crippen LogP contribution is 2.32. The Bertz CT molecular complexity index is 1620. The van der Waals surface area contributed by atoms with Crippen molar-refractivity contribution in [3.05, 3.63) is 59.7 Å². The van der Waals surface area contributed by atoms with Gasteiger partial charge in [0.05, 0.1) is 11.6 Å². The van der Waals surface area contributed by atoms with Crippen molar-refractivity contribution in [1.29, 1.82) is 0 Å². The van der Waals surface area contributed by atoms with E-state index in [2.05, 4.69) is 0 Å². The number of ether oxygens (including phenoxy) is 4. The average molecular weight is 707 g/mol. The molecule has 0 aromatic heterocycles. The molecule has 51 heavy (non-hydrogen) atoms. The largest absolute Gasteiger partial charge is 0.456 e. The summed E-state index contributed by atoms with van der Waals surface area (Å²) in [5.41, 5.74) is 0.712. The number of Topliss-reactive ketones (excluding diaryl/α,β-unsaturated/α-hetero) is 2. The first-order valence-corrected chi connectivity index (χ1v) is 17.4. The van der Waals surface area contributed by atoms with Crippen LogP contribution in [0.15, 0.2) is 48.5 Å². The van der Waals surface area contributed by atoms with Crippen molar-refractivity contribution >= 4 is 35.7 Å². The third kappa shape index (κ3) is 9.95. The van der Waals surface area contributed by atoms with Gasteiger partial charge in [-0.05, 0) is 104 Å². The van der Waals surface area contributed by atoms with Gasteiger partial charge in [0, 0.05) is 17.6 Å². The second-order valence-corrected chi connectivity index (χ2v) is 15.4. The molecule has 0 aliphatic carbocycles. The zero-order valence-corrected chi connectivity index (χ0v) is 31.0. The van der Waals surface area contributed by atoms with E-state index in [9.17, 15) is 28.8 Å². The SMILES string of the molecule is CC1C[C@@H](C(=O)COC(=O)c2ccc(-c3ccc(C(=O)COC(=O)[C@@H]4CCC(C)N4C(=O)OC(C)(C)C)cc3)cc2)N(C(=O)OC(C)(C)C)C1C. The molecule has 276 valence electrons. The lowest BCUT2D eigenvalue weighted by atomic mass is 10.0. The maximum absolute atomic E-state index is 13.1. The number of esters is 2. The van der Waals surface area contributed by atoms with Crippen LogP contribution in [0.5, 0.6) is 0 Å². The summed E-state index contributed by atoms with van der Waals surface area (Å²) in [6.07, 6.45) is 0.335. The van der Waals surface area contributed by atoms with E-state index in [1.807, 2.05) is 20.8 Å². The Morgan fingerprint density at radius 3 is 1.69 bits per heavy atom. The summed E-state index contributed by atoms with van der Waals surface area (Å²) >= 11 is 0. The smallest absolute Gasteiger partial charge is 0.411 e. The van der Waals surface area contributed by atoms with Crippen molar-refractivity contribution in [1.82, 2.24) is 9.80 Å². The fourth-order valence-electron chi connectivity index (χ4n) is 6.23. The van der Waals surface area contributed by atoms with Crippen LogP contribution < -0.4 is 0 Å². The topological polar surface area (TPSA) is 146 Å². The third-order valence-corrected chi connectivity index (χ3v) is 9.07. The minimum atomic E-state index is -0.819. The van der Waals surface area contributed by atoms with Gasteiger partial charge in [-0.3, -0.25) is 19.4 Å². The number of ketones is 2. The predicted octanol–water partition coefficient (Wildman–Crippen LogP) is 6.63. The van der Waals surface area contributed by atoms with Crippen molar-refractivity contribution in [2.24, 2.45) is 5.92 Å². The van der Waals surface area contributed by atoms with Gasteiger partial charge in [0.2, 0.25) is 0 Å². The summed E-state index contributed by atoms with van der Waals surface area (Å²) in [6.45, 7) is 15.3. The maximum atomic E-state index is 13.1. The summed E-state index contributed by atoms with van der Waals surface area (Å²) in [5, 5.41) is 0. The first-order valence-electron chi connectivity index (χ1n) is 17.4. The Morgan fingerprint density at radius 2 is 1.16 bits per heavy atom. The van der Waals surface area contributed by atoms with Crippen LogP contribution in [0, 0.1) is 5.92 Å². The van der Waals surface area contributed by atoms with E-state index in [1.54, 1.807) is 90.1 Å². The minimum Gasteiger partial charge on any atom is -0.456 e. The van der Waals surface area contributed by atoms with Crippen LogP contribution >= 0.6 is 0 Å². The lowest BCUT2D eigenvalue weighted by Crippen LogP contribution is -2.47. The highest BCUT2D eigenvalue weighted by atomic mass is 16.6. The molecule has 0 N–H and O–H groups in total. The molecule has 0 radical (unpaired) electrons. The van der Waals surface area contributed by atoms with Crippen molar-refractivity contribution in [2.45, 2.75) is 117 Å². The summed E-state index contributed by atoms with van der Waals surface area (Å²) in [7, 11) is 0. The molecule has 2 aromatic rings. The third-order valence-electron chi connectivity index (χ3n) is 9.07. The van der Waals surface area contributed by atoms with E-state index < -0.39 is 66.4 Å². The van der Waals surface area contributed by atoms with Crippen LogP contribution in [0.1, 0.15) is 102 Å². The summed E-state index contributed by atoms with van der Waals surface area (Å²) < 4.78 is 21.6. The van der Waals surface area contributed by atoms with Crippen LogP contribution in [0.25, 0.3) is 11.1 Å². The molecule has 4 rings (SSSR count). The maximum Gasteiger partial charge on any atom is 0.411 e. The van der Waals surface area contributed by atoms with Gasteiger partial charge < -0.3 is 18.9 Å². The molecule has 2 aromatic carbocycles. The van der Waals surface area contributed by atoms with Crippen LogP contribution in [0.3, 0.4) is 0 Å². The fourth-order valence-corrected chi connectivity index (χ4v) is 6.23. The summed E-state index contributed by atoms with van der Waals surface area (Å²) in [4.78, 5) is 80.0. The molecular formula is C39H50N2O10. The molecule has 5 atom stereocenters. The van der Waals surface area contributed by atoms with Gasteiger partial charge >= 0.3 is 24.1 Å². The molecular weight excluding hydrogens is 656 g/mol. The van der Waals surface area contributed by atoms with Crippen LogP contribution in [-0.2, 0) is 28.5 Å². The Kier molecular flexibility index (Phi) is 12.0. The number of carbonyl (C=O) groups is 6. The van der Waals surface area contributed by atoms with Crippen molar-refractivity contribution in [3.63, 3.8) is 0 Å². The van der Waals surface area contributed by atoms with Crippen LogP contribution in [0.2, 0.25) is 0 Å². The molecule has 2 saturated heterocycles. The van der Waals surface area contributed by atoms with Gasteiger partial charge in [0.15, 0.2) is 24.8 Å². The molecule has 2 heterocycles. The van der Waals surface area contributed by atoms with Gasteiger partial charge in [-0.1, -0.05) is 43.3 Å². The monoisotopic (exact) mass is 706 g/mol. The molecule has 12 nitrogen and oxygen atoms in total. The highest BCUT2D eigenvalue weighted by molar-refractivity contribution is 5.99. The van der Waals surface area contributed by atoms with Gasteiger partial charge in [0.25, 0.3) is 0 Å². The molecule has 0 bridgehead atoms. The Labute approximate surface area is 299 Å². The number of amides is 2. The quantitative estimate of drug-likeness (QED) is 0.158. The first-order chi connectivity index (χ1) is 23.8. The minimum absolute atomic E-state index is 0.0729. The van der Waals surface area contributed by atoms with E-state index in [1.165, 1.54) is 9.80 Å². The van der Waals surface area contributed by atoms with Crippen molar-refractivity contribution in [3.8, 4) is 11.1 Å². The lowest BCUT2D eigenvalue weighted by molar-refractivity contribution is -0.148. The van der Waals surface area contributed by atoms with Crippen molar-refractivity contribution < 1.29 is 47.7 Å². The normalized spacial score (nSPS) is 21.9. The number of hydrogen-bond donors (Lipinski definition) is 0. The van der Waals surface area contributed by atoms with Gasteiger partial charge in [0.1, 0.15) is 17.2 Å². The predicted molar refractivity (Wildman–Crippen MR) is 188 cm³/mol. The average Bonchev–Trinajstić information content (AvgIpc) is 3.59. The lowest BCUT2D eigenvalue weighted by Gasteiger charge is -2.31.